The molecule has 0 aliphatic carbocycles. The molecule has 0 bridgehead atoms. The summed E-state index contributed by atoms with van der Waals surface area (Å²) in [5.41, 5.74) is 0.872. The van der Waals surface area contributed by atoms with Crippen LogP contribution in [0.5, 0.6) is 5.75 Å². The third kappa shape index (κ3) is 1.91. The molecule has 0 saturated heterocycles. The Morgan fingerprint density at radius 3 is 2.75 bits per heavy atom. The first-order valence-corrected chi connectivity index (χ1v) is 5.16. The quantitative estimate of drug-likeness (QED) is 0.794. The third-order valence-corrected chi connectivity index (χ3v) is 2.29. The Morgan fingerprint density at radius 1 is 1.31 bits per heavy atom. The molecule has 0 unspecified atom stereocenters. The van der Waals surface area contributed by atoms with Crippen LogP contribution < -0.4 is 4.74 Å². The van der Waals surface area contributed by atoms with Gasteiger partial charge in [0, 0.05) is 12.1 Å². The molecule has 0 aromatic carbocycles. The molecule has 2 aromatic heterocycles. The number of oxazole rings is 1. The first-order valence-electron chi connectivity index (χ1n) is 5.16. The predicted molar refractivity (Wildman–Crippen MR) is 60.4 cm³/mol. The van der Waals surface area contributed by atoms with Gasteiger partial charge in [0.15, 0.2) is 11.7 Å². The zero-order valence-electron chi connectivity index (χ0n) is 9.60. The standard InChI is InChI=1S/C12H14N2O2/c1-8(2)12-14-7-11(16-12)9-4-5-13-6-10(9)15-3/h4-8H,1-3H3. The number of nitrogens with zero attached hydrogens (tertiary/aromatic N) is 2. The Labute approximate surface area is 94.3 Å². The van der Waals surface area contributed by atoms with Gasteiger partial charge < -0.3 is 9.15 Å². The fourth-order valence-corrected chi connectivity index (χ4v) is 1.43. The minimum absolute atomic E-state index is 0.279. The van der Waals surface area contributed by atoms with Crippen molar-refractivity contribution in [3.63, 3.8) is 0 Å². The highest BCUT2D eigenvalue weighted by Gasteiger charge is 2.12. The molecule has 2 heterocycles. The topological polar surface area (TPSA) is 48.2 Å². The van der Waals surface area contributed by atoms with Crippen LogP contribution in [0.3, 0.4) is 0 Å². The fraction of sp³-hybridized carbons (Fsp3) is 0.333. The minimum atomic E-state index is 0.279. The van der Waals surface area contributed by atoms with Crippen molar-refractivity contribution in [1.82, 2.24) is 9.97 Å². The van der Waals surface area contributed by atoms with Crippen LogP contribution in [-0.2, 0) is 0 Å². The number of pyridine rings is 1. The maximum absolute atomic E-state index is 5.65. The van der Waals surface area contributed by atoms with E-state index in [9.17, 15) is 0 Å². The van der Waals surface area contributed by atoms with Crippen LogP contribution in [0.15, 0.2) is 29.1 Å². The molecule has 0 radical (unpaired) electrons. The second kappa shape index (κ2) is 4.35. The highest BCUT2D eigenvalue weighted by molar-refractivity contribution is 5.63. The molecule has 4 nitrogen and oxygen atoms in total. The molecule has 0 saturated carbocycles. The van der Waals surface area contributed by atoms with E-state index in [1.54, 1.807) is 25.7 Å². The van der Waals surface area contributed by atoms with Gasteiger partial charge in [-0.2, -0.15) is 0 Å². The van der Waals surface area contributed by atoms with Gasteiger partial charge >= 0.3 is 0 Å². The highest BCUT2D eigenvalue weighted by atomic mass is 16.5. The van der Waals surface area contributed by atoms with Crippen LogP contribution in [0, 0.1) is 0 Å². The van der Waals surface area contributed by atoms with Gasteiger partial charge in [-0.15, -0.1) is 0 Å². The molecule has 4 heteroatoms. The molecule has 0 fully saturated rings. The molecule has 0 aliphatic heterocycles. The van der Waals surface area contributed by atoms with E-state index in [-0.39, 0.29) is 5.92 Å². The second-order valence-corrected chi connectivity index (χ2v) is 3.79. The largest absolute Gasteiger partial charge is 0.494 e. The lowest BCUT2D eigenvalue weighted by molar-refractivity contribution is 0.411. The van der Waals surface area contributed by atoms with E-state index >= 15 is 0 Å². The number of hydrogen-bond donors (Lipinski definition) is 0. The van der Waals surface area contributed by atoms with Gasteiger partial charge in [0.1, 0.15) is 5.75 Å². The van der Waals surface area contributed by atoms with Crippen LogP contribution >= 0.6 is 0 Å². The van der Waals surface area contributed by atoms with Crippen LogP contribution in [-0.4, -0.2) is 17.1 Å². The predicted octanol–water partition coefficient (Wildman–Crippen LogP) is 2.87. The minimum Gasteiger partial charge on any atom is -0.494 e. The van der Waals surface area contributed by atoms with Crippen molar-refractivity contribution in [3.05, 3.63) is 30.5 Å². The molecule has 2 aromatic rings. The van der Waals surface area contributed by atoms with Crippen LogP contribution in [0.2, 0.25) is 0 Å². The SMILES string of the molecule is COc1cnccc1-c1cnc(C(C)C)o1. The second-order valence-electron chi connectivity index (χ2n) is 3.79. The third-order valence-electron chi connectivity index (χ3n) is 2.29. The number of ether oxygens (including phenoxy) is 1. The molecule has 2 rings (SSSR count). The summed E-state index contributed by atoms with van der Waals surface area (Å²) in [4.78, 5) is 8.22. The summed E-state index contributed by atoms with van der Waals surface area (Å²) in [5.74, 6) is 2.41. The summed E-state index contributed by atoms with van der Waals surface area (Å²) >= 11 is 0. The summed E-state index contributed by atoms with van der Waals surface area (Å²) in [5, 5.41) is 0. The van der Waals surface area contributed by atoms with Gasteiger partial charge in [-0.1, -0.05) is 13.8 Å². The van der Waals surface area contributed by atoms with E-state index < -0.39 is 0 Å². The maximum Gasteiger partial charge on any atom is 0.197 e. The smallest absolute Gasteiger partial charge is 0.197 e. The van der Waals surface area contributed by atoms with E-state index in [1.807, 2.05) is 19.9 Å². The Bertz CT molecular complexity index is 477. The monoisotopic (exact) mass is 218 g/mol. The van der Waals surface area contributed by atoms with E-state index in [0.29, 0.717) is 11.5 Å². The van der Waals surface area contributed by atoms with Crippen molar-refractivity contribution >= 4 is 0 Å². The van der Waals surface area contributed by atoms with Crippen molar-refractivity contribution in [2.75, 3.05) is 7.11 Å². The van der Waals surface area contributed by atoms with Crippen molar-refractivity contribution < 1.29 is 9.15 Å². The number of rotatable bonds is 3. The number of hydrogen-bond acceptors (Lipinski definition) is 4. The summed E-state index contributed by atoms with van der Waals surface area (Å²) < 4.78 is 10.9. The number of methoxy groups -OCH3 is 1. The first kappa shape index (κ1) is 10.7. The maximum atomic E-state index is 5.65. The van der Waals surface area contributed by atoms with Crippen molar-refractivity contribution in [2.45, 2.75) is 19.8 Å². The van der Waals surface area contributed by atoms with E-state index in [1.165, 1.54) is 0 Å². The lowest BCUT2D eigenvalue weighted by Gasteiger charge is -2.04. The van der Waals surface area contributed by atoms with Crippen LogP contribution in [0.1, 0.15) is 25.7 Å². The van der Waals surface area contributed by atoms with Gasteiger partial charge in [0.2, 0.25) is 0 Å². The van der Waals surface area contributed by atoms with Crippen molar-refractivity contribution in [3.8, 4) is 17.1 Å². The molecule has 16 heavy (non-hydrogen) atoms. The lowest BCUT2D eigenvalue weighted by atomic mass is 10.2. The van der Waals surface area contributed by atoms with E-state index in [2.05, 4.69) is 9.97 Å². The Balaban J connectivity index is 2.42. The average Bonchev–Trinajstić information content (AvgIpc) is 2.78. The molecular weight excluding hydrogens is 204 g/mol. The lowest BCUT2D eigenvalue weighted by Crippen LogP contribution is -1.87. The van der Waals surface area contributed by atoms with Crippen molar-refractivity contribution in [1.29, 1.82) is 0 Å². The molecule has 0 N–H and O–H groups in total. The van der Waals surface area contributed by atoms with Gasteiger partial charge in [-0.25, -0.2) is 4.98 Å². The summed E-state index contributed by atoms with van der Waals surface area (Å²) in [6.07, 6.45) is 5.08. The van der Waals surface area contributed by atoms with Gasteiger partial charge in [-0.3, -0.25) is 4.98 Å². The zero-order chi connectivity index (χ0) is 11.5. The highest BCUT2D eigenvalue weighted by Crippen LogP contribution is 2.30. The van der Waals surface area contributed by atoms with E-state index in [0.717, 1.165) is 11.5 Å². The summed E-state index contributed by atoms with van der Waals surface area (Å²) in [6.45, 7) is 4.08. The van der Waals surface area contributed by atoms with Gasteiger partial charge in [0.05, 0.1) is 25.1 Å². The van der Waals surface area contributed by atoms with Crippen LogP contribution in [0.4, 0.5) is 0 Å². The molecule has 0 atom stereocenters. The Morgan fingerprint density at radius 2 is 2.12 bits per heavy atom. The Hall–Kier alpha value is -1.84. The summed E-state index contributed by atoms with van der Waals surface area (Å²) in [7, 11) is 1.61. The van der Waals surface area contributed by atoms with E-state index in [4.69, 9.17) is 9.15 Å². The molecule has 0 aliphatic rings. The zero-order valence-corrected chi connectivity index (χ0v) is 9.60. The molecular formula is C12H14N2O2. The molecule has 0 spiro atoms. The van der Waals surface area contributed by atoms with Gasteiger partial charge in [-0.05, 0) is 6.07 Å². The van der Waals surface area contributed by atoms with Crippen molar-refractivity contribution in [2.24, 2.45) is 0 Å². The van der Waals surface area contributed by atoms with Gasteiger partial charge in [0.25, 0.3) is 0 Å². The first-order chi connectivity index (χ1) is 7.72. The van der Waals surface area contributed by atoms with Crippen LogP contribution in [0.25, 0.3) is 11.3 Å². The molecule has 0 amide bonds. The summed E-state index contributed by atoms with van der Waals surface area (Å²) in [6, 6.07) is 1.85. The average molecular weight is 218 g/mol. The molecule has 84 valence electrons. The normalized spacial score (nSPS) is 10.8. The number of aromatic nitrogens is 2. The Kier molecular flexibility index (Phi) is 2.90. The fourth-order valence-electron chi connectivity index (χ4n) is 1.43.